The van der Waals surface area contributed by atoms with Gasteiger partial charge < -0.3 is 4.74 Å². The molecule has 0 aromatic rings. The molecule has 0 radical (unpaired) electrons. The van der Waals surface area contributed by atoms with E-state index < -0.39 is 0 Å². The van der Waals surface area contributed by atoms with Crippen LogP contribution in [0.1, 0.15) is 33.1 Å². The SMILES string of the molecule is CC.N#CC1=COC2=C(C=CCC2)C1. The van der Waals surface area contributed by atoms with Crippen molar-refractivity contribution in [1.29, 1.82) is 5.26 Å². The molecule has 74 valence electrons. The molecule has 0 spiro atoms. The summed E-state index contributed by atoms with van der Waals surface area (Å²) < 4.78 is 5.33. The first kappa shape index (κ1) is 10.6. The van der Waals surface area contributed by atoms with Crippen molar-refractivity contribution in [2.24, 2.45) is 0 Å². The van der Waals surface area contributed by atoms with E-state index in [1.165, 1.54) is 5.57 Å². The summed E-state index contributed by atoms with van der Waals surface area (Å²) in [7, 11) is 0. The zero-order valence-electron chi connectivity index (χ0n) is 8.71. The highest BCUT2D eigenvalue weighted by Gasteiger charge is 2.15. The fraction of sp³-hybridized carbons (Fsp3) is 0.417. The topological polar surface area (TPSA) is 33.0 Å². The summed E-state index contributed by atoms with van der Waals surface area (Å²) in [5.41, 5.74) is 1.88. The van der Waals surface area contributed by atoms with Gasteiger partial charge in [-0.2, -0.15) is 5.26 Å². The van der Waals surface area contributed by atoms with E-state index in [4.69, 9.17) is 10.00 Å². The van der Waals surface area contributed by atoms with Crippen LogP contribution < -0.4 is 0 Å². The highest BCUT2D eigenvalue weighted by Crippen LogP contribution is 2.29. The molecule has 2 rings (SSSR count). The first-order valence-corrected chi connectivity index (χ1v) is 5.04. The van der Waals surface area contributed by atoms with Crippen molar-refractivity contribution in [1.82, 2.24) is 0 Å². The number of rotatable bonds is 0. The number of hydrogen-bond acceptors (Lipinski definition) is 2. The van der Waals surface area contributed by atoms with Gasteiger partial charge >= 0.3 is 0 Å². The second-order valence-electron chi connectivity index (χ2n) is 2.94. The van der Waals surface area contributed by atoms with Crippen molar-refractivity contribution in [2.45, 2.75) is 33.1 Å². The number of ether oxygens (including phenoxy) is 1. The predicted octanol–water partition coefficient (Wildman–Crippen LogP) is 3.44. The van der Waals surface area contributed by atoms with E-state index in [-0.39, 0.29) is 0 Å². The second kappa shape index (κ2) is 5.29. The maximum Gasteiger partial charge on any atom is 0.107 e. The van der Waals surface area contributed by atoms with Crippen molar-refractivity contribution in [3.63, 3.8) is 0 Å². The molecule has 0 saturated carbocycles. The van der Waals surface area contributed by atoms with Crippen molar-refractivity contribution < 1.29 is 4.74 Å². The van der Waals surface area contributed by atoms with Crippen LogP contribution in [0.2, 0.25) is 0 Å². The highest BCUT2D eigenvalue weighted by molar-refractivity contribution is 5.38. The molecule has 0 fully saturated rings. The third kappa shape index (κ3) is 2.26. The fourth-order valence-corrected chi connectivity index (χ4v) is 1.44. The van der Waals surface area contributed by atoms with E-state index in [9.17, 15) is 0 Å². The van der Waals surface area contributed by atoms with Gasteiger partial charge in [0.05, 0.1) is 11.6 Å². The number of nitrogens with zero attached hydrogens (tertiary/aromatic N) is 1. The molecule has 2 nitrogen and oxygen atoms in total. The lowest BCUT2D eigenvalue weighted by Crippen LogP contribution is -2.03. The normalized spacial score (nSPS) is 18.2. The third-order valence-corrected chi connectivity index (χ3v) is 2.08. The molecule has 2 heteroatoms. The Morgan fingerprint density at radius 1 is 1.43 bits per heavy atom. The largest absolute Gasteiger partial charge is 0.468 e. The molecule has 0 atom stereocenters. The van der Waals surface area contributed by atoms with Gasteiger partial charge in [0.15, 0.2) is 0 Å². The molecule has 0 amide bonds. The lowest BCUT2D eigenvalue weighted by atomic mass is 9.97. The zero-order valence-corrected chi connectivity index (χ0v) is 8.71. The van der Waals surface area contributed by atoms with Gasteiger partial charge in [-0.05, 0) is 12.0 Å². The van der Waals surface area contributed by atoms with E-state index in [0.29, 0.717) is 5.57 Å². The van der Waals surface area contributed by atoms with Gasteiger partial charge in [-0.25, -0.2) is 0 Å². The summed E-state index contributed by atoms with van der Waals surface area (Å²) in [6.45, 7) is 4.00. The van der Waals surface area contributed by atoms with E-state index in [0.717, 1.165) is 25.0 Å². The van der Waals surface area contributed by atoms with Crippen LogP contribution in [0.4, 0.5) is 0 Å². The lowest BCUT2D eigenvalue weighted by molar-refractivity contribution is 0.315. The van der Waals surface area contributed by atoms with Crippen LogP contribution in [0, 0.1) is 11.3 Å². The average Bonchev–Trinajstić information content (AvgIpc) is 2.31. The minimum atomic E-state index is 0.709. The molecule has 14 heavy (non-hydrogen) atoms. The summed E-state index contributed by atoms with van der Waals surface area (Å²) in [6, 6.07) is 2.10. The van der Waals surface area contributed by atoms with Gasteiger partial charge in [0.2, 0.25) is 0 Å². The smallest absolute Gasteiger partial charge is 0.107 e. The number of nitriles is 1. The Morgan fingerprint density at radius 3 is 2.93 bits per heavy atom. The summed E-state index contributed by atoms with van der Waals surface area (Å²) in [5.74, 6) is 1.04. The quantitative estimate of drug-likeness (QED) is 0.584. The Balaban J connectivity index is 0.000000461. The zero-order chi connectivity index (χ0) is 10.4. The summed E-state index contributed by atoms with van der Waals surface area (Å²) in [5, 5.41) is 8.64. The van der Waals surface area contributed by atoms with Crippen LogP contribution in [0.15, 0.2) is 35.3 Å². The monoisotopic (exact) mass is 189 g/mol. The van der Waals surface area contributed by atoms with Gasteiger partial charge in [-0.1, -0.05) is 26.0 Å². The predicted molar refractivity (Wildman–Crippen MR) is 56.1 cm³/mol. The Kier molecular flexibility index (Phi) is 4.00. The Bertz CT molecular complexity index is 329. The molecule has 0 saturated heterocycles. The molecular weight excluding hydrogens is 174 g/mol. The van der Waals surface area contributed by atoms with Crippen LogP contribution in [0.3, 0.4) is 0 Å². The van der Waals surface area contributed by atoms with Gasteiger partial charge in [0.25, 0.3) is 0 Å². The molecule has 0 N–H and O–H groups in total. The molecule has 1 aliphatic heterocycles. The molecule has 0 bridgehead atoms. The van der Waals surface area contributed by atoms with Gasteiger partial charge in [0, 0.05) is 12.8 Å². The second-order valence-corrected chi connectivity index (χ2v) is 2.94. The maximum absolute atomic E-state index is 8.64. The van der Waals surface area contributed by atoms with E-state index in [1.54, 1.807) is 6.26 Å². The Hall–Kier alpha value is -1.49. The summed E-state index contributed by atoms with van der Waals surface area (Å²) in [4.78, 5) is 0. The Labute approximate surface area is 85.2 Å². The molecule has 2 aliphatic rings. The van der Waals surface area contributed by atoms with E-state index in [2.05, 4.69) is 18.2 Å². The van der Waals surface area contributed by atoms with Crippen LogP contribution in [0.25, 0.3) is 0 Å². The average molecular weight is 189 g/mol. The summed E-state index contributed by atoms with van der Waals surface area (Å²) in [6.07, 6.45) is 8.52. The van der Waals surface area contributed by atoms with Crippen molar-refractivity contribution in [3.05, 3.63) is 35.3 Å². The molecule has 1 aliphatic carbocycles. The lowest BCUT2D eigenvalue weighted by Gasteiger charge is -2.18. The highest BCUT2D eigenvalue weighted by atomic mass is 16.5. The van der Waals surface area contributed by atoms with Crippen LogP contribution in [-0.4, -0.2) is 0 Å². The minimum absolute atomic E-state index is 0.709. The number of hydrogen-bond donors (Lipinski definition) is 0. The first-order valence-electron chi connectivity index (χ1n) is 5.04. The molecule has 0 aromatic carbocycles. The standard InChI is InChI=1S/C10H9NO.C2H6/c11-6-8-5-9-3-1-2-4-10(9)12-7-8;1-2/h1,3,7H,2,4-5H2;1-2H3. The van der Waals surface area contributed by atoms with Gasteiger partial charge in [0.1, 0.15) is 12.0 Å². The van der Waals surface area contributed by atoms with Gasteiger partial charge in [-0.15, -0.1) is 0 Å². The van der Waals surface area contributed by atoms with Crippen molar-refractivity contribution in [3.8, 4) is 6.07 Å². The number of allylic oxidation sites excluding steroid dienone is 5. The van der Waals surface area contributed by atoms with E-state index in [1.807, 2.05) is 13.8 Å². The molecule has 0 aromatic heterocycles. The maximum atomic E-state index is 8.64. The van der Waals surface area contributed by atoms with E-state index >= 15 is 0 Å². The molecule has 0 unspecified atom stereocenters. The molecule has 1 heterocycles. The van der Waals surface area contributed by atoms with Crippen LogP contribution >= 0.6 is 0 Å². The molecular formula is C12H15NO. The van der Waals surface area contributed by atoms with Crippen LogP contribution in [0.5, 0.6) is 0 Å². The first-order chi connectivity index (χ1) is 6.90. The fourth-order valence-electron chi connectivity index (χ4n) is 1.44. The van der Waals surface area contributed by atoms with Crippen molar-refractivity contribution in [2.75, 3.05) is 0 Å². The van der Waals surface area contributed by atoms with Crippen LogP contribution in [-0.2, 0) is 4.74 Å². The Morgan fingerprint density at radius 2 is 2.21 bits per heavy atom. The van der Waals surface area contributed by atoms with Crippen molar-refractivity contribution >= 4 is 0 Å². The third-order valence-electron chi connectivity index (χ3n) is 2.08. The van der Waals surface area contributed by atoms with Gasteiger partial charge in [-0.3, -0.25) is 0 Å². The minimum Gasteiger partial charge on any atom is -0.468 e. The summed E-state index contributed by atoms with van der Waals surface area (Å²) >= 11 is 0.